The van der Waals surface area contributed by atoms with E-state index in [2.05, 4.69) is 20.9 Å². The Bertz CT molecular complexity index is 592. The minimum Gasteiger partial charge on any atom is -0.480 e. The fourth-order valence-electron chi connectivity index (χ4n) is 3.66. The van der Waals surface area contributed by atoms with Crippen LogP contribution in [-0.2, 0) is 9.53 Å². The third-order valence-corrected chi connectivity index (χ3v) is 4.87. The number of nitrogens with zero attached hydrogens (tertiary/aromatic N) is 4. The van der Waals surface area contributed by atoms with Crippen molar-refractivity contribution in [2.45, 2.75) is 24.8 Å². The second-order valence-corrected chi connectivity index (χ2v) is 6.87. The Morgan fingerprint density at radius 1 is 1.26 bits per heavy atom. The zero-order valence-electron chi connectivity index (χ0n) is 13.1. The zero-order valence-corrected chi connectivity index (χ0v) is 13.1. The SMILES string of the molecule is O=C(O)CN1C[C@@H]2COC[C@H](C1)N(c1cc(C3CC3)ncn1)C2. The molecule has 0 radical (unpaired) electrons. The van der Waals surface area contributed by atoms with E-state index in [1.807, 2.05) is 4.90 Å². The first-order valence-electron chi connectivity index (χ1n) is 8.29. The van der Waals surface area contributed by atoms with E-state index in [9.17, 15) is 4.79 Å². The number of carboxylic acid groups (broad SMARTS) is 1. The van der Waals surface area contributed by atoms with Gasteiger partial charge in [0.25, 0.3) is 0 Å². The van der Waals surface area contributed by atoms with E-state index in [1.54, 1.807) is 6.33 Å². The van der Waals surface area contributed by atoms with Crippen LogP contribution in [0.4, 0.5) is 5.82 Å². The van der Waals surface area contributed by atoms with Crippen LogP contribution in [0, 0.1) is 5.92 Å². The van der Waals surface area contributed by atoms with Gasteiger partial charge in [-0.15, -0.1) is 0 Å². The molecule has 0 amide bonds. The molecule has 1 aromatic heterocycles. The van der Waals surface area contributed by atoms with E-state index in [0.29, 0.717) is 31.6 Å². The number of aliphatic carboxylic acids is 1. The molecule has 23 heavy (non-hydrogen) atoms. The molecule has 1 N–H and O–H groups in total. The molecule has 7 heteroatoms. The normalized spacial score (nSPS) is 28.4. The van der Waals surface area contributed by atoms with Gasteiger partial charge in [-0.3, -0.25) is 9.69 Å². The van der Waals surface area contributed by atoms with Gasteiger partial charge in [0.1, 0.15) is 12.1 Å². The summed E-state index contributed by atoms with van der Waals surface area (Å²) in [5.74, 6) is 1.10. The summed E-state index contributed by atoms with van der Waals surface area (Å²) in [7, 11) is 0. The lowest BCUT2D eigenvalue weighted by molar-refractivity contribution is -0.138. The average molecular weight is 318 g/mol. The van der Waals surface area contributed by atoms with Crippen molar-refractivity contribution < 1.29 is 14.6 Å². The summed E-state index contributed by atoms with van der Waals surface area (Å²) in [6.45, 7) is 3.73. The molecule has 3 fully saturated rings. The summed E-state index contributed by atoms with van der Waals surface area (Å²) in [5, 5.41) is 9.10. The van der Waals surface area contributed by atoms with Gasteiger partial charge in [-0.1, -0.05) is 0 Å². The van der Waals surface area contributed by atoms with Crippen molar-refractivity contribution in [3.05, 3.63) is 18.1 Å². The monoisotopic (exact) mass is 318 g/mol. The molecule has 0 unspecified atom stereocenters. The van der Waals surface area contributed by atoms with Crippen LogP contribution >= 0.6 is 0 Å². The quantitative estimate of drug-likeness (QED) is 0.869. The predicted molar refractivity (Wildman–Crippen MR) is 83.5 cm³/mol. The van der Waals surface area contributed by atoms with Gasteiger partial charge in [-0.25, -0.2) is 9.97 Å². The smallest absolute Gasteiger partial charge is 0.317 e. The largest absolute Gasteiger partial charge is 0.480 e. The van der Waals surface area contributed by atoms with E-state index < -0.39 is 5.97 Å². The molecule has 1 saturated carbocycles. The maximum Gasteiger partial charge on any atom is 0.317 e. The van der Waals surface area contributed by atoms with Gasteiger partial charge in [-0.05, 0) is 12.8 Å². The summed E-state index contributed by atoms with van der Waals surface area (Å²) in [6, 6.07) is 2.25. The van der Waals surface area contributed by atoms with E-state index in [4.69, 9.17) is 9.84 Å². The molecule has 1 aliphatic carbocycles. The van der Waals surface area contributed by atoms with E-state index in [-0.39, 0.29) is 12.6 Å². The van der Waals surface area contributed by atoms with Gasteiger partial charge < -0.3 is 14.7 Å². The van der Waals surface area contributed by atoms with Gasteiger partial charge in [0, 0.05) is 43.2 Å². The van der Waals surface area contributed by atoms with Crippen LogP contribution in [0.1, 0.15) is 24.5 Å². The Morgan fingerprint density at radius 3 is 2.91 bits per heavy atom. The number of ether oxygens (including phenoxy) is 1. The fraction of sp³-hybridized carbons (Fsp3) is 0.688. The summed E-state index contributed by atoms with van der Waals surface area (Å²) in [5.41, 5.74) is 1.14. The molecular formula is C16H22N4O3. The van der Waals surface area contributed by atoms with Crippen LogP contribution in [-0.4, -0.2) is 71.4 Å². The molecule has 2 bridgehead atoms. The first-order chi connectivity index (χ1) is 11.2. The summed E-state index contributed by atoms with van der Waals surface area (Å²) in [4.78, 5) is 24.3. The lowest BCUT2D eigenvalue weighted by Gasteiger charge is -2.31. The molecule has 0 spiro atoms. The zero-order chi connectivity index (χ0) is 15.8. The van der Waals surface area contributed by atoms with Gasteiger partial charge in [-0.2, -0.15) is 0 Å². The Morgan fingerprint density at radius 2 is 2.13 bits per heavy atom. The molecule has 7 nitrogen and oxygen atoms in total. The first-order valence-corrected chi connectivity index (χ1v) is 8.29. The third-order valence-electron chi connectivity index (χ3n) is 4.87. The van der Waals surface area contributed by atoms with Crippen molar-refractivity contribution in [3.8, 4) is 0 Å². The van der Waals surface area contributed by atoms with Crippen molar-refractivity contribution in [2.75, 3.05) is 44.3 Å². The third kappa shape index (κ3) is 3.30. The minimum atomic E-state index is -0.768. The standard InChI is InChI=1S/C16H22N4O3/c21-16(22)7-19-4-11-5-20(13(6-19)9-23-8-11)15-3-14(12-1-2-12)17-10-18-15/h3,10-13H,1-2,4-9H2,(H,21,22)/t11-,13-/m0/s1. The summed E-state index contributed by atoms with van der Waals surface area (Å²) < 4.78 is 5.80. The maximum absolute atomic E-state index is 11.1. The van der Waals surface area contributed by atoms with Crippen molar-refractivity contribution in [1.29, 1.82) is 0 Å². The van der Waals surface area contributed by atoms with Gasteiger partial charge >= 0.3 is 5.97 Å². The van der Waals surface area contributed by atoms with Crippen LogP contribution < -0.4 is 4.90 Å². The summed E-state index contributed by atoms with van der Waals surface area (Å²) >= 11 is 0. The molecule has 3 heterocycles. The van der Waals surface area contributed by atoms with E-state index in [1.165, 1.54) is 12.8 Å². The van der Waals surface area contributed by atoms with Crippen LogP contribution in [0.3, 0.4) is 0 Å². The fourth-order valence-corrected chi connectivity index (χ4v) is 3.66. The van der Waals surface area contributed by atoms with E-state index >= 15 is 0 Å². The van der Waals surface area contributed by atoms with Gasteiger partial charge in [0.2, 0.25) is 0 Å². The highest BCUT2D eigenvalue weighted by Gasteiger charge is 2.35. The Hall–Kier alpha value is -1.73. The Kier molecular flexibility index (Phi) is 3.90. The highest BCUT2D eigenvalue weighted by molar-refractivity contribution is 5.69. The van der Waals surface area contributed by atoms with Crippen LogP contribution in [0.2, 0.25) is 0 Å². The van der Waals surface area contributed by atoms with E-state index in [0.717, 1.165) is 24.6 Å². The molecular weight excluding hydrogens is 296 g/mol. The second-order valence-electron chi connectivity index (χ2n) is 6.87. The lowest BCUT2D eigenvalue weighted by atomic mass is 10.1. The van der Waals surface area contributed by atoms with Crippen molar-refractivity contribution in [2.24, 2.45) is 5.92 Å². The molecule has 3 aliphatic rings. The lowest BCUT2D eigenvalue weighted by Crippen LogP contribution is -2.45. The van der Waals surface area contributed by atoms with Gasteiger partial charge in [0.05, 0.1) is 25.8 Å². The first kappa shape index (κ1) is 14.8. The highest BCUT2D eigenvalue weighted by atomic mass is 16.5. The molecule has 124 valence electrons. The number of aromatic nitrogens is 2. The molecule has 1 aromatic rings. The van der Waals surface area contributed by atoms with Crippen molar-refractivity contribution >= 4 is 11.8 Å². The second kappa shape index (κ2) is 6.05. The highest BCUT2D eigenvalue weighted by Crippen LogP contribution is 2.39. The van der Waals surface area contributed by atoms with Crippen molar-refractivity contribution in [3.63, 3.8) is 0 Å². The molecule has 2 saturated heterocycles. The number of carbonyl (C=O) groups is 1. The van der Waals surface area contributed by atoms with Crippen LogP contribution in [0.5, 0.6) is 0 Å². The van der Waals surface area contributed by atoms with Crippen LogP contribution in [0.15, 0.2) is 12.4 Å². The number of carboxylic acids is 1. The van der Waals surface area contributed by atoms with Crippen LogP contribution in [0.25, 0.3) is 0 Å². The average Bonchev–Trinajstić information content (AvgIpc) is 3.34. The number of rotatable bonds is 4. The maximum atomic E-state index is 11.1. The number of hydrogen-bond donors (Lipinski definition) is 1. The summed E-state index contributed by atoms with van der Waals surface area (Å²) in [6.07, 6.45) is 4.10. The van der Waals surface area contributed by atoms with Gasteiger partial charge in [0.15, 0.2) is 0 Å². The Balaban J connectivity index is 1.58. The number of anilines is 1. The molecule has 0 aromatic carbocycles. The minimum absolute atomic E-state index is 0.0952. The molecule has 2 aliphatic heterocycles. The van der Waals surface area contributed by atoms with Crippen molar-refractivity contribution in [1.82, 2.24) is 14.9 Å². The Labute approximate surface area is 135 Å². The molecule has 4 rings (SSSR count). The predicted octanol–water partition coefficient (Wildman–Crippen LogP) is 0.576. The topological polar surface area (TPSA) is 78.8 Å². The number of hydrogen-bond acceptors (Lipinski definition) is 6. The number of fused-ring (bicyclic) bond motifs is 3. The molecule has 2 atom stereocenters.